The molecule has 0 aliphatic rings. The van der Waals surface area contributed by atoms with Crippen LogP contribution in [0.25, 0.3) is 0 Å². The second-order valence-corrected chi connectivity index (χ2v) is 5.19. The molecule has 0 saturated heterocycles. The van der Waals surface area contributed by atoms with Crippen molar-refractivity contribution in [2.24, 2.45) is 5.10 Å². The highest BCUT2D eigenvalue weighted by molar-refractivity contribution is 5.98. The Morgan fingerprint density at radius 2 is 2.04 bits per heavy atom. The monoisotopic (exact) mass is 340 g/mol. The van der Waals surface area contributed by atoms with Gasteiger partial charge in [0.1, 0.15) is 5.75 Å². The van der Waals surface area contributed by atoms with Crippen LogP contribution in [-0.4, -0.2) is 24.6 Å². The molecule has 0 unspecified atom stereocenters. The first-order valence-corrected chi connectivity index (χ1v) is 7.73. The zero-order valence-electron chi connectivity index (χ0n) is 14.1. The molecule has 4 N–H and O–H groups in total. The van der Waals surface area contributed by atoms with Gasteiger partial charge in [-0.15, -0.1) is 0 Å². The molecule has 2 amide bonds. The standard InChI is InChI=1S/C18H20N4O3/c1-3-25-17-10-15(21-12(2)23)7-8-16(17)18(24)22-20-11-13-5-4-6-14(19)9-13/h4-11H,3,19H2,1-2H3,(H,21,23)(H,22,24). The molecule has 25 heavy (non-hydrogen) atoms. The predicted octanol–water partition coefficient (Wildman–Crippen LogP) is 2.39. The van der Waals surface area contributed by atoms with Gasteiger partial charge in [-0.1, -0.05) is 12.1 Å². The Balaban J connectivity index is 2.13. The van der Waals surface area contributed by atoms with Crippen molar-refractivity contribution in [3.8, 4) is 5.75 Å². The molecule has 2 aromatic carbocycles. The van der Waals surface area contributed by atoms with Gasteiger partial charge in [-0.2, -0.15) is 5.10 Å². The van der Waals surface area contributed by atoms with Gasteiger partial charge in [0.25, 0.3) is 5.91 Å². The number of ether oxygens (including phenoxy) is 1. The Morgan fingerprint density at radius 1 is 1.24 bits per heavy atom. The number of nitrogens with one attached hydrogen (secondary N) is 2. The number of carbonyl (C=O) groups excluding carboxylic acids is 2. The fourth-order valence-electron chi connectivity index (χ4n) is 2.13. The van der Waals surface area contributed by atoms with E-state index in [4.69, 9.17) is 10.5 Å². The number of nitrogen functional groups attached to an aromatic ring is 1. The van der Waals surface area contributed by atoms with Gasteiger partial charge in [-0.3, -0.25) is 9.59 Å². The summed E-state index contributed by atoms with van der Waals surface area (Å²) in [5.41, 5.74) is 10.4. The van der Waals surface area contributed by atoms with E-state index in [1.807, 2.05) is 13.0 Å². The quantitative estimate of drug-likeness (QED) is 0.426. The smallest absolute Gasteiger partial charge is 0.275 e. The average molecular weight is 340 g/mol. The van der Waals surface area contributed by atoms with Crippen LogP contribution in [0.5, 0.6) is 5.75 Å². The number of benzene rings is 2. The third-order valence-corrected chi connectivity index (χ3v) is 3.14. The first-order valence-electron chi connectivity index (χ1n) is 7.73. The average Bonchev–Trinajstić information content (AvgIpc) is 2.55. The Bertz CT molecular complexity index is 803. The lowest BCUT2D eigenvalue weighted by atomic mass is 10.1. The fourth-order valence-corrected chi connectivity index (χ4v) is 2.13. The number of carbonyl (C=O) groups is 2. The fraction of sp³-hybridized carbons (Fsp3) is 0.167. The van der Waals surface area contributed by atoms with Crippen LogP contribution in [0.2, 0.25) is 0 Å². The molecule has 130 valence electrons. The van der Waals surface area contributed by atoms with E-state index in [2.05, 4.69) is 15.8 Å². The zero-order valence-corrected chi connectivity index (χ0v) is 14.1. The van der Waals surface area contributed by atoms with Crippen LogP contribution >= 0.6 is 0 Å². The number of hydrogen-bond acceptors (Lipinski definition) is 5. The molecule has 0 radical (unpaired) electrons. The lowest BCUT2D eigenvalue weighted by molar-refractivity contribution is -0.114. The van der Waals surface area contributed by atoms with E-state index in [1.54, 1.807) is 36.4 Å². The van der Waals surface area contributed by atoms with Crippen molar-refractivity contribution in [2.45, 2.75) is 13.8 Å². The minimum Gasteiger partial charge on any atom is -0.493 e. The maximum atomic E-state index is 12.3. The molecule has 0 aliphatic carbocycles. The molecule has 0 spiro atoms. The summed E-state index contributed by atoms with van der Waals surface area (Å²) < 4.78 is 5.48. The van der Waals surface area contributed by atoms with E-state index in [1.165, 1.54) is 13.1 Å². The number of rotatable bonds is 6. The molecule has 7 nitrogen and oxygen atoms in total. The number of nitrogens with zero attached hydrogens (tertiary/aromatic N) is 1. The Hall–Kier alpha value is -3.35. The van der Waals surface area contributed by atoms with Crippen LogP contribution in [0, 0.1) is 0 Å². The van der Waals surface area contributed by atoms with Gasteiger partial charge in [-0.25, -0.2) is 5.43 Å². The van der Waals surface area contributed by atoms with Crippen LogP contribution < -0.4 is 21.2 Å². The van der Waals surface area contributed by atoms with Gasteiger partial charge < -0.3 is 15.8 Å². The summed E-state index contributed by atoms with van der Waals surface area (Å²) in [6.45, 7) is 3.60. The maximum absolute atomic E-state index is 12.3. The largest absolute Gasteiger partial charge is 0.493 e. The van der Waals surface area contributed by atoms with Crippen molar-refractivity contribution in [1.82, 2.24) is 5.43 Å². The van der Waals surface area contributed by atoms with E-state index < -0.39 is 5.91 Å². The van der Waals surface area contributed by atoms with Gasteiger partial charge >= 0.3 is 0 Å². The summed E-state index contributed by atoms with van der Waals surface area (Å²) in [7, 11) is 0. The molecular weight excluding hydrogens is 320 g/mol. The molecule has 7 heteroatoms. The topological polar surface area (TPSA) is 106 Å². The Morgan fingerprint density at radius 3 is 2.72 bits per heavy atom. The maximum Gasteiger partial charge on any atom is 0.275 e. The lowest BCUT2D eigenvalue weighted by Gasteiger charge is -2.11. The lowest BCUT2D eigenvalue weighted by Crippen LogP contribution is -2.19. The third kappa shape index (κ3) is 5.35. The van der Waals surface area contributed by atoms with E-state index in [9.17, 15) is 9.59 Å². The van der Waals surface area contributed by atoms with Gasteiger partial charge in [-0.05, 0) is 36.8 Å². The highest BCUT2D eigenvalue weighted by Crippen LogP contribution is 2.23. The number of hydrazone groups is 1. The molecule has 0 aromatic heterocycles. The molecule has 0 aliphatic heterocycles. The molecule has 2 aromatic rings. The molecule has 0 saturated carbocycles. The van der Waals surface area contributed by atoms with Crippen molar-refractivity contribution in [1.29, 1.82) is 0 Å². The minimum absolute atomic E-state index is 0.202. The minimum atomic E-state index is -0.419. The predicted molar refractivity (Wildman–Crippen MR) is 97.8 cm³/mol. The summed E-state index contributed by atoms with van der Waals surface area (Å²) >= 11 is 0. The van der Waals surface area contributed by atoms with Crippen LogP contribution in [-0.2, 0) is 4.79 Å². The van der Waals surface area contributed by atoms with Crippen molar-refractivity contribution in [3.63, 3.8) is 0 Å². The summed E-state index contributed by atoms with van der Waals surface area (Å²) in [5, 5.41) is 6.57. The second-order valence-electron chi connectivity index (χ2n) is 5.19. The molecule has 0 fully saturated rings. The molecule has 0 bridgehead atoms. The van der Waals surface area contributed by atoms with Crippen molar-refractivity contribution >= 4 is 29.4 Å². The Kier molecular flexibility index (Phi) is 6.11. The zero-order chi connectivity index (χ0) is 18.2. The van der Waals surface area contributed by atoms with Crippen molar-refractivity contribution in [2.75, 3.05) is 17.7 Å². The SMILES string of the molecule is CCOc1cc(NC(C)=O)ccc1C(=O)NN=Cc1cccc(N)c1. The van der Waals surface area contributed by atoms with Gasteiger partial charge in [0.15, 0.2) is 0 Å². The summed E-state index contributed by atoms with van der Waals surface area (Å²) in [6.07, 6.45) is 1.50. The summed E-state index contributed by atoms with van der Waals surface area (Å²) in [4.78, 5) is 23.5. The van der Waals surface area contributed by atoms with E-state index in [0.29, 0.717) is 29.3 Å². The van der Waals surface area contributed by atoms with Gasteiger partial charge in [0.05, 0.1) is 18.4 Å². The van der Waals surface area contributed by atoms with E-state index >= 15 is 0 Å². The van der Waals surface area contributed by atoms with Gasteiger partial charge in [0.2, 0.25) is 5.91 Å². The van der Waals surface area contributed by atoms with E-state index in [0.717, 1.165) is 5.56 Å². The number of amides is 2. The van der Waals surface area contributed by atoms with Crippen LogP contribution in [0.3, 0.4) is 0 Å². The van der Waals surface area contributed by atoms with Crippen LogP contribution in [0.4, 0.5) is 11.4 Å². The number of anilines is 2. The van der Waals surface area contributed by atoms with Gasteiger partial charge in [0, 0.05) is 24.4 Å². The molecule has 0 atom stereocenters. The molecule has 2 rings (SSSR count). The van der Waals surface area contributed by atoms with Crippen LogP contribution in [0.15, 0.2) is 47.6 Å². The van der Waals surface area contributed by atoms with E-state index in [-0.39, 0.29) is 5.91 Å². The first-order chi connectivity index (χ1) is 12.0. The second kappa shape index (κ2) is 8.49. The molecular formula is C18H20N4O3. The summed E-state index contributed by atoms with van der Waals surface area (Å²) in [6, 6.07) is 11.9. The number of nitrogens with two attached hydrogens (primary N) is 1. The highest BCUT2D eigenvalue weighted by atomic mass is 16.5. The first kappa shape index (κ1) is 18.0. The van der Waals surface area contributed by atoms with Crippen LogP contribution in [0.1, 0.15) is 29.8 Å². The highest BCUT2D eigenvalue weighted by Gasteiger charge is 2.13. The third-order valence-electron chi connectivity index (χ3n) is 3.14. The van der Waals surface area contributed by atoms with Crippen molar-refractivity contribution < 1.29 is 14.3 Å². The normalized spacial score (nSPS) is 10.5. The number of hydrogen-bond donors (Lipinski definition) is 3. The van der Waals surface area contributed by atoms with Crippen molar-refractivity contribution in [3.05, 3.63) is 53.6 Å². The Labute approximate surface area is 145 Å². The summed E-state index contributed by atoms with van der Waals surface area (Å²) in [5.74, 6) is -0.255. The molecule has 0 heterocycles.